The van der Waals surface area contributed by atoms with E-state index in [2.05, 4.69) is 109 Å². The predicted octanol–water partition coefficient (Wildman–Crippen LogP) is 5.43. The second-order valence-electron chi connectivity index (χ2n) is 15.0. The lowest BCUT2D eigenvalue weighted by Gasteiger charge is -2.46. The third-order valence-corrected chi connectivity index (χ3v) is 7.61. The van der Waals surface area contributed by atoms with Crippen LogP contribution in [-0.2, 0) is 0 Å². The van der Waals surface area contributed by atoms with Gasteiger partial charge in [0.05, 0.1) is 0 Å². The third kappa shape index (κ3) is 8.67. The van der Waals surface area contributed by atoms with Crippen LogP contribution >= 0.6 is 0 Å². The molecule has 212 valence electrons. The quantitative estimate of drug-likeness (QED) is 0.345. The van der Waals surface area contributed by atoms with E-state index in [0.29, 0.717) is 35.8 Å². The van der Waals surface area contributed by atoms with Gasteiger partial charge in [0.2, 0.25) is 17.8 Å². The summed E-state index contributed by atoms with van der Waals surface area (Å²) in [5.74, 6) is 3.17. The molecular weight excluding hydrogens is 460 g/mol. The lowest BCUT2D eigenvalue weighted by molar-refractivity contribution is 0.134. The molecule has 1 aromatic heterocycles. The van der Waals surface area contributed by atoms with Crippen molar-refractivity contribution in [3.05, 3.63) is 0 Å². The molecule has 2 fully saturated rings. The summed E-state index contributed by atoms with van der Waals surface area (Å²) in [5, 5.41) is 14.8. The van der Waals surface area contributed by atoms with Crippen LogP contribution in [0.3, 0.4) is 0 Å². The number of rotatable bonds is 9. The van der Waals surface area contributed by atoms with Gasteiger partial charge in [-0.2, -0.15) is 15.0 Å². The zero-order chi connectivity index (χ0) is 27.8. The summed E-state index contributed by atoms with van der Waals surface area (Å²) < 4.78 is 0. The number of nitrogens with zero attached hydrogens (tertiary/aromatic N) is 4. The number of aromatic nitrogens is 3. The van der Waals surface area contributed by atoms with Crippen LogP contribution in [0.25, 0.3) is 0 Å². The normalized spacial score (nSPS) is 23.3. The molecule has 4 N–H and O–H groups in total. The molecule has 1 aromatic rings. The largest absolute Gasteiger partial charge is 0.354 e. The Morgan fingerprint density at radius 2 is 0.973 bits per heavy atom. The van der Waals surface area contributed by atoms with Gasteiger partial charge >= 0.3 is 0 Å². The second kappa shape index (κ2) is 10.8. The van der Waals surface area contributed by atoms with Crippen molar-refractivity contribution in [3.8, 4) is 0 Å². The van der Waals surface area contributed by atoms with E-state index >= 15 is 0 Å². The van der Waals surface area contributed by atoms with E-state index in [-0.39, 0.29) is 22.2 Å². The fraction of sp³-hybridized carbons (Fsp3) is 0.897. The minimum atomic E-state index is 0.119. The van der Waals surface area contributed by atoms with E-state index in [1.54, 1.807) is 0 Å². The van der Waals surface area contributed by atoms with Crippen molar-refractivity contribution < 1.29 is 0 Å². The summed E-state index contributed by atoms with van der Waals surface area (Å²) in [4.78, 5) is 16.9. The Hall–Kier alpha value is -1.67. The van der Waals surface area contributed by atoms with E-state index < -0.39 is 0 Å². The molecule has 0 aliphatic carbocycles. The molecule has 0 amide bonds. The maximum atomic E-state index is 4.90. The molecule has 0 radical (unpaired) electrons. The maximum Gasteiger partial charge on any atom is 0.232 e. The molecule has 0 saturated carbocycles. The highest BCUT2D eigenvalue weighted by atomic mass is 15.3. The highest BCUT2D eigenvalue weighted by Crippen LogP contribution is 2.34. The first-order chi connectivity index (χ1) is 16.9. The van der Waals surface area contributed by atoms with Gasteiger partial charge in [-0.1, -0.05) is 0 Å². The summed E-state index contributed by atoms with van der Waals surface area (Å²) in [7, 11) is 0. The number of anilines is 3. The Bertz CT molecular complexity index is 805. The van der Waals surface area contributed by atoms with Crippen LogP contribution in [0.15, 0.2) is 0 Å². The van der Waals surface area contributed by atoms with Crippen molar-refractivity contribution >= 4 is 17.8 Å². The zero-order valence-electron chi connectivity index (χ0n) is 25.8. The first-order valence-corrected chi connectivity index (χ1v) is 14.5. The minimum absolute atomic E-state index is 0.119. The van der Waals surface area contributed by atoms with Crippen LogP contribution in [0.2, 0.25) is 0 Å². The molecule has 0 aromatic carbocycles. The maximum absolute atomic E-state index is 4.90. The molecule has 3 rings (SSSR count). The van der Waals surface area contributed by atoms with Gasteiger partial charge in [0.1, 0.15) is 0 Å². The molecule has 8 heteroatoms. The Kier molecular flexibility index (Phi) is 8.75. The van der Waals surface area contributed by atoms with Crippen LogP contribution in [0, 0.1) is 11.8 Å². The molecule has 3 heterocycles. The van der Waals surface area contributed by atoms with Crippen molar-refractivity contribution in [1.29, 1.82) is 0 Å². The van der Waals surface area contributed by atoms with Crippen LogP contribution in [0.1, 0.15) is 109 Å². The minimum Gasteiger partial charge on any atom is -0.354 e. The van der Waals surface area contributed by atoms with E-state index in [4.69, 9.17) is 15.0 Å². The van der Waals surface area contributed by atoms with Gasteiger partial charge in [-0.15, -0.1) is 0 Å². The molecule has 2 saturated heterocycles. The average molecular weight is 517 g/mol. The van der Waals surface area contributed by atoms with E-state index in [1.807, 2.05) is 0 Å². The Morgan fingerprint density at radius 3 is 1.27 bits per heavy atom. The van der Waals surface area contributed by atoms with Crippen molar-refractivity contribution in [3.63, 3.8) is 0 Å². The van der Waals surface area contributed by atoms with Crippen molar-refractivity contribution in [1.82, 2.24) is 25.6 Å². The van der Waals surface area contributed by atoms with Gasteiger partial charge in [0.15, 0.2) is 0 Å². The monoisotopic (exact) mass is 516 g/mol. The summed E-state index contributed by atoms with van der Waals surface area (Å²) in [6.45, 7) is 28.9. The Labute approximate surface area is 227 Å². The Balaban J connectivity index is 1.80. The van der Waals surface area contributed by atoms with Gasteiger partial charge in [0.25, 0.3) is 0 Å². The summed E-state index contributed by atoms with van der Waals surface area (Å²) in [5.41, 5.74) is 0.474. The average Bonchev–Trinajstić information content (AvgIpc) is 2.65. The van der Waals surface area contributed by atoms with E-state index in [0.717, 1.165) is 44.7 Å². The van der Waals surface area contributed by atoms with Crippen molar-refractivity contribution in [2.75, 3.05) is 28.6 Å². The molecule has 2 aliphatic heterocycles. The Morgan fingerprint density at radius 1 is 0.649 bits per heavy atom. The van der Waals surface area contributed by atoms with Crippen LogP contribution < -0.4 is 26.2 Å². The van der Waals surface area contributed by atoms with Crippen molar-refractivity contribution in [2.45, 2.75) is 143 Å². The second-order valence-corrected chi connectivity index (χ2v) is 15.0. The summed E-state index contributed by atoms with van der Waals surface area (Å²) in [6.07, 6.45) is 4.49. The molecule has 0 atom stereocenters. The number of piperidine rings is 2. The fourth-order valence-electron chi connectivity index (χ4n) is 7.52. The summed E-state index contributed by atoms with van der Waals surface area (Å²) >= 11 is 0. The fourth-order valence-corrected chi connectivity index (χ4v) is 7.52. The van der Waals surface area contributed by atoms with Gasteiger partial charge in [-0.3, -0.25) is 0 Å². The van der Waals surface area contributed by atoms with Crippen LogP contribution in [-0.4, -0.2) is 62.3 Å². The highest BCUT2D eigenvalue weighted by molar-refractivity contribution is 5.45. The standard InChI is InChI=1S/C29H56N8/c1-19(2)37(20(3)4)25-33-23(30-17-21-13-26(5,6)35-27(7,8)14-21)32-24(34-25)31-18-22-15-28(9,10)36-29(11,12)16-22/h19-22,35-36H,13-18H2,1-12H3,(H2,30,31,32,33,34). The first kappa shape index (κ1) is 29.9. The van der Waals surface area contributed by atoms with Gasteiger partial charge in [-0.25, -0.2) is 0 Å². The lowest BCUT2D eigenvalue weighted by atomic mass is 9.76. The first-order valence-electron chi connectivity index (χ1n) is 14.5. The molecular formula is C29H56N8. The van der Waals surface area contributed by atoms with Gasteiger partial charge in [-0.05, 0) is 121 Å². The van der Waals surface area contributed by atoms with Gasteiger partial charge < -0.3 is 26.2 Å². The topological polar surface area (TPSA) is 90.0 Å². The third-order valence-electron chi connectivity index (χ3n) is 7.61. The molecule has 0 unspecified atom stereocenters. The van der Waals surface area contributed by atoms with Crippen LogP contribution in [0.4, 0.5) is 17.8 Å². The molecule has 2 aliphatic rings. The lowest BCUT2D eigenvalue weighted by Crippen LogP contribution is -2.58. The number of hydrogen-bond donors (Lipinski definition) is 4. The van der Waals surface area contributed by atoms with Crippen molar-refractivity contribution in [2.24, 2.45) is 11.8 Å². The summed E-state index contributed by atoms with van der Waals surface area (Å²) in [6, 6.07) is 0.584. The molecule has 37 heavy (non-hydrogen) atoms. The molecule has 8 nitrogen and oxygen atoms in total. The molecule has 0 bridgehead atoms. The highest BCUT2D eigenvalue weighted by Gasteiger charge is 2.38. The van der Waals surface area contributed by atoms with E-state index in [1.165, 1.54) is 0 Å². The van der Waals surface area contributed by atoms with Gasteiger partial charge in [0, 0.05) is 47.3 Å². The number of nitrogens with one attached hydrogen (secondary N) is 4. The number of hydrogen-bond acceptors (Lipinski definition) is 8. The van der Waals surface area contributed by atoms with Crippen LogP contribution in [0.5, 0.6) is 0 Å². The predicted molar refractivity (Wildman–Crippen MR) is 158 cm³/mol. The van der Waals surface area contributed by atoms with E-state index in [9.17, 15) is 0 Å². The smallest absolute Gasteiger partial charge is 0.232 e. The molecule has 0 spiro atoms. The zero-order valence-corrected chi connectivity index (χ0v) is 25.8. The SMILES string of the molecule is CC(C)N(c1nc(NCC2CC(C)(C)NC(C)(C)C2)nc(NCC2CC(C)(C)NC(C)(C)C2)n1)C(C)C.